The quantitative estimate of drug-likeness (QED) is 0.636. The molecule has 0 aliphatic carbocycles. The molecule has 0 fully saturated rings. The summed E-state index contributed by atoms with van der Waals surface area (Å²) < 4.78 is 0.803. The van der Waals surface area contributed by atoms with E-state index < -0.39 is 0 Å². The highest BCUT2D eigenvalue weighted by Gasteiger charge is 2.04. The largest absolute Gasteiger partial charge is 0.253 e. The number of nitrogens with zero attached hydrogens (tertiary/aromatic N) is 3. The van der Waals surface area contributed by atoms with Gasteiger partial charge in [-0.2, -0.15) is 0 Å². The van der Waals surface area contributed by atoms with E-state index in [1.807, 2.05) is 38.1 Å². The molecule has 4 heteroatoms. The molecule has 0 amide bonds. The monoisotopic (exact) mass is 313 g/mol. The molecule has 19 heavy (non-hydrogen) atoms. The first-order valence-corrected chi connectivity index (χ1v) is 6.80. The van der Waals surface area contributed by atoms with Crippen molar-refractivity contribution in [1.82, 2.24) is 15.0 Å². The second-order valence-corrected chi connectivity index (χ2v) is 5.30. The fourth-order valence-electron chi connectivity index (χ4n) is 2.07. The zero-order valence-corrected chi connectivity index (χ0v) is 12.3. The van der Waals surface area contributed by atoms with E-state index in [4.69, 9.17) is 0 Å². The minimum Gasteiger partial charge on any atom is -0.253 e. The maximum atomic E-state index is 4.50. The Kier molecular flexibility index (Phi) is 3.03. The number of rotatable bonds is 1. The molecule has 3 aromatic rings. The van der Waals surface area contributed by atoms with Gasteiger partial charge in [0, 0.05) is 16.6 Å². The van der Waals surface area contributed by atoms with Gasteiger partial charge in [-0.25, -0.2) is 9.97 Å². The van der Waals surface area contributed by atoms with E-state index in [9.17, 15) is 0 Å². The molecule has 0 saturated carbocycles. The van der Waals surface area contributed by atoms with Crippen LogP contribution in [0.2, 0.25) is 0 Å². The predicted molar refractivity (Wildman–Crippen MR) is 79.9 cm³/mol. The van der Waals surface area contributed by atoms with Crippen LogP contribution in [0.5, 0.6) is 0 Å². The van der Waals surface area contributed by atoms with Crippen molar-refractivity contribution < 1.29 is 0 Å². The van der Waals surface area contributed by atoms with Crippen LogP contribution in [-0.4, -0.2) is 15.0 Å². The molecule has 0 aliphatic heterocycles. The van der Waals surface area contributed by atoms with Gasteiger partial charge in [-0.1, -0.05) is 12.1 Å². The molecule has 0 N–H and O–H groups in total. The Morgan fingerprint density at radius 3 is 2.53 bits per heavy atom. The highest BCUT2D eigenvalue weighted by Crippen LogP contribution is 2.24. The Morgan fingerprint density at radius 2 is 1.74 bits per heavy atom. The van der Waals surface area contributed by atoms with Gasteiger partial charge in [0.05, 0.1) is 11.2 Å². The molecule has 2 heterocycles. The lowest BCUT2D eigenvalue weighted by atomic mass is 10.1. The standard InChI is InChI=1S/C15H12BrN3/c1-9-3-4-11-7-12(5-6-13(11)17-9)14-8-15(16)19-10(2)18-14/h3-8H,1-2H3. The number of pyridine rings is 1. The molecule has 0 radical (unpaired) electrons. The number of halogens is 1. The van der Waals surface area contributed by atoms with Crippen LogP contribution >= 0.6 is 15.9 Å². The van der Waals surface area contributed by atoms with Crippen LogP contribution in [0.15, 0.2) is 41.0 Å². The summed E-state index contributed by atoms with van der Waals surface area (Å²) in [6, 6.07) is 12.2. The minimum absolute atomic E-state index is 0.756. The van der Waals surface area contributed by atoms with Crippen molar-refractivity contribution in [3.05, 3.63) is 52.5 Å². The molecule has 0 saturated heterocycles. The number of hydrogen-bond donors (Lipinski definition) is 0. The zero-order chi connectivity index (χ0) is 13.4. The topological polar surface area (TPSA) is 38.7 Å². The van der Waals surface area contributed by atoms with Crippen molar-refractivity contribution in [1.29, 1.82) is 0 Å². The fraction of sp³-hybridized carbons (Fsp3) is 0.133. The van der Waals surface area contributed by atoms with Gasteiger partial charge in [0.1, 0.15) is 10.4 Å². The number of fused-ring (bicyclic) bond motifs is 1. The minimum atomic E-state index is 0.756. The molecule has 3 nitrogen and oxygen atoms in total. The van der Waals surface area contributed by atoms with Gasteiger partial charge in [-0.05, 0) is 54.0 Å². The smallest absolute Gasteiger partial charge is 0.127 e. The van der Waals surface area contributed by atoms with Gasteiger partial charge in [-0.15, -0.1) is 0 Å². The van der Waals surface area contributed by atoms with Crippen LogP contribution in [0.4, 0.5) is 0 Å². The maximum absolute atomic E-state index is 4.50. The third kappa shape index (κ3) is 2.49. The first kappa shape index (κ1) is 12.2. The van der Waals surface area contributed by atoms with Gasteiger partial charge in [0.15, 0.2) is 0 Å². The summed E-state index contributed by atoms with van der Waals surface area (Å²) in [5.74, 6) is 0.756. The van der Waals surface area contributed by atoms with Crippen LogP contribution in [0.25, 0.3) is 22.2 Å². The van der Waals surface area contributed by atoms with Crippen molar-refractivity contribution in [2.24, 2.45) is 0 Å². The van der Waals surface area contributed by atoms with E-state index in [2.05, 4.69) is 43.0 Å². The first-order chi connectivity index (χ1) is 9.11. The molecule has 3 rings (SSSR count). The molecule has 94 valence electrons. The van der Waals surface area contributed by atoms with E-state index in [1.165, 1.54) is 0 Å². The molecule has 0 spiro atoms. The molecule has 2 aromatic heterocycles. The average Bonchev–Trinajstić information content (AvgIpc) is 2.37. The number of hydrogen-bond acceptors (Lipinski definition) is 3. The molecular weight excluding hydrogens is 302 g/mol. The summed E-state index contributed by atoms with van der Waals surface area (Å²) in [6.07, 6.45) is 0. The van der Waals surface area contributed by atoms with Crippen LogP contribution < -0.4 is 0 Å². The summed E-state index contributed by atoms with van der Waals surface area (Å²) in [5.41, 5.74) is 4.03. The summed E-state index contributed by atoms with van der Waals surface area (Å²) in [4.78, 5) is 13.2. The Hall–Kier alpha value is -1.81. The summed E-state index contributed by atoms with van der Waals surface area (Å²) >= 11 is 3.41. The van der Waals surface area contributed by atoms with Gasteiger partial charge >= 0.3 is 0 Å². The second kappa shape index (κ2) is 4.70. The van der Waals surface area contributed by atoms with Crippen LogP contribution in [0.1, 0.15) is 11.5 Å². The van der Waals surface area contributed by atoms with Crippen molar-refractivity contribution in [2.75, 3.05) is 0 Å². The molecule has 0 aliphatic rings. The lowest BCUT2D eigenvalue weighted by molar-refractivity contribution is 1.04. The Labute approximate surface area is 119 Å². The van der Waals surface area contributed by atoms with E-state index in [-0.39, 0.29) is 0 Å². The Morgan fingerprint density at radius 1 is 0.895 bits per heavy atom. The van der Waals surface area contributed by atoms with Crippen molar-refractivity contribution >= 4 is 26.8 Å². The zero-order valence-electron chi connectivity index (χ0n) is 10.7. The highest BCUT2D eigenvalue weighted by molar-refractivity contribution is 9.10. The van der Waals surface area contributed by atoms with Crippen molar-refractivity contribution in [2.45, 2.75) is 13.8 Å². The normalized spacial score (nSPS) is 10.9. The fourth-order valence-corrected chi connectivity index (χ4v) is 2.54. The summed E-state index contributed by atoms with van der Waals surface area (Å²) in [6.45, 7) is 3.89. The number of benzene rings is 1. The molecular formula is C15H12BrN3. The Balaban J connectivity index is 2.17. The second-order valence-electron chi connectivity index (χ2n) is 4.48. The number of aryl methyl sites for hydroxylation is 2. The van der Waals surface area contributed by atoms with E-state index in [1.54, 1.807) is 0 Å². The molecule has 0 atom stereocenters. The van der Waals surface area contributed by atoms with E-state index >= 15 is 0 Å². The molecule has 0 unspecified atom stereocenters. The summed E-state index contributed by atoms with van der Waals surface area (Å²) in [7, 11) is 0. The molecule has 0 bridgehead atoms. The van der Waals surface area contributed by atoms with Gasteiger partial charge in [-0.3, -0.25) is 4.98 Å². The van der Waals surface area contributed by atoms with Crippen molar-refractivity contribution in [3.8, 4) is 11.3 Å². The SMILES string of the molecule is Cc1ccc2cc(-c3cc(Br)nc(C)n3)ccc2n1. The van der Waals surface area contributed by atoms with Gasteiger partial charge in [0.25, 0.3) is 0 Å². The van der Waals surface area contributed by atoms with Crippen molar-refractivity contribution in [3.63, 3.8) is 0 Å². The third-order valence-electron chi connectivity index (χ3n) is 2.93. The van der Waals surface area contributed by atoms with Gasteiger partial charge < -0.3 is 0 Å². The summed E-state index contributed by atoms with van der Waals surface area (Å²) in [5, 5.41) is 1.12. The lowest BCUT2D eigenvalue weighted by Gasteiger charge is -2.05. The lowest BCUT2D eigenvalue weighted by Crippen LogP contribution is -1.92. The third-order valence-corrected chi connectivity index (χ3v) is 3.34. The van der Waals surface area contributed by atoms with E-state index in [0.29, 0.717) is 0 Å². The van der Waals surface area contributed by atoms with Crippen LogP contribution in [0.3, 0.4) is 0 Å². The highest BCUT2D eigenvalue weighted by atomic mass is 79.9. The van der Waals surface area contributed by atoms with Crippen LogP contribution in [0, 0.1) is 13.8 Å². The average molecular weight is 314 g/mol. The Bertz CT molecular complexity index is 748. The van der Waals surface area contributed by atoms with Gasteiger partial charge in [0.2, 0.25) is 0 Å². The maximum Gasteiger partial charge on any atom is 0.127 e. The predicted octanol–water partition coefficient (Wildman–Crippen LogP) is 4.07. The number of aromatic nitrogens is 3. The van der Waals surface area contributed by atoms with E-state index in [0.717, 1.165) is 38.3 Å². The first-order valence-electron chi connectivity index (χ1n) is 6.01. The molecule has 1 aromatic carbocycles. The van der Waals surface area contributed by atoms with Crippen LogP contribution in [-0.2, 0) is 0 Å².